The van der Waals surface area contributed by atoms with Gasteiger partial charge in [-0.05, 0) is 67.4 Å². The highest BCUT2D eigenvalue weighted by atomic mass is 16.6. The number of nitro groups is 1. The van der Waals surface area contributed by atoms with Crippen molar-refractivity contribution in [3.8, 4) is 22.6 Å². The van der Waals surface area contributed by atoms with Crippen LogP contribution in [0.25, 0.3) is 16.8 Å². The number of aromatic nitrogens is 1. The number of hydrazone groups is 1. The van der Waals surface area contributed by atoms with E-state index in [9.17, 15) is 14.9 Å². The summed E-state index contributed by atoms with van der Waals surface area (Å²) in [5.41, 5.74) is 8.28. The molecule has 0 radical (unpaired) electrons. The fourth-order valence-corrected chi connectivity index (χ4v) is 3.77. The summed E-state index contributed by atoms with van der Waals surface area (Å²) >= 11 is 0. The van der Waals surface area contributed by atoms with E-state index in [4.69, 9.17) is 4.74 Å². The number of rotatable bonds is 8. The molecule has 1 aromatic heterocycles. The number of ether oxygens (including phenoxy) is 1. The van der Waals surface area contributed by atoms with Gasteiger partial charge >= 0.3 is 0 Å². The number of para-hydroxylation sites is 1. The summed E-state index contributed by atoms with van der Waals surface area (Å²) < 4.78 is 7.51. The molecule has 1 heterocycles. The van der Waals surface area contributed by atoms with Crippen LogP contribution in [0.2, 0.25) is 0 Å². The summed E-state index contributed by atoms with van der Waals surface area (Å²) in [6.07, 6.45) is 1.62. The summed E-state index contributed by atoms with van der Waals surface area (Å²) in [5.74, 6) is 0.274. The second-order valence-corrected chi connectivity index (χ2v) is 7.91. The second kappa shape index (κ2) is 10.5. The number of aryl methyl sites for hydroxylation is 1. The molecule has 176 valence electrons. The van der Waals surface area contributed by atoms with Crippen LogP contribution >= 0.6 is 0 Å². The van der Waals surface area contributed by atoms with Gasteiger partial charge in [-0.1, -0.05) is 30.3 Å². The second-order valence-electron chi connectivity index (χ2n) is 7.91. The van der Waals surface area contributed by atoms with E-state index in [1.165, 1.54) is 12.1 Å². The molecule has 0 unspecified atom stereocenters. The number of carbonyl (C=O) groups excluding carboxylic acids is 1. The number of benzene rings is 3. The third kappa shape index (κ3) is 5.62. The maximum Gasteiger partial charge on any atom is 0.277 e. The molecule has 0 spiro atoms. The zero-order valence-electron chi connectivity index (χ0n) is 19.3. The molecule has 4 rings (SSSR count). The number of nitro benzene ring substituents is 1. The van der Waals surface area contributed by atoms with Crippen molar-refractivity contribution in [2.45, 2.75) is 13.8 Å². The summed E-state index contributed by atoms with van der Waals surface area (Å²) in [4.78, 5) is 22.5. The Morgan fingerprint density at radius 3 is 2.26 bits per heavy atom. The normalized spacial score (nSPS) is 10.9. The van der Waals surface area contributed by atoms with E-state index < -0.39 is 4.92 Å². The molecule has 0 aliphatic carbocycles. The first-order valence-corrected chi connectivity index (χ1v) is 11.0. The fourth-order valence-electron chi connectivity index (χ4n) is 3.77. The van der Waals surface area contributed by atoms with Gasteiger partial charge in [0.25, 0.3) is 11.6 Å². The lowest BCUT2D eigenvalue weighted by molar-refractivity contribution is -0.384. The Labute approximate surface area is 202 Å². The number of hydrogen-bond acceptors (Lipinski definition) is 5. The first kappa shape index (κ1) is 23.4. The molecule has 0 bridgehead atoms. The highest BCUT2D eigenvalue weighted by Gasteiger charge is 2.11. The molecule has 0 fully saturated rings. The smallest absolute Gasteiger partial charge is 0.277 e. The Balaban J connectivity index is 1.42. The number of nitrogens with zero attached hydrogens (tertiary/aromatic N) is 3. The van der Waals surface area contributed by atoms with Gasteiger partial charge in [0.2, 0.25) is 0 Å². The van der Waals surface area contributed by atoms with Crippen molar-refractivity contribution in [2.24, 2.45) is 5.10 Å². The van der Waals surface area contributed by atoms with Crippen LogP contribution in [-0.4, -0.2) is 28.2 Å². The maximum atomic E-state index is 12.0. The summed E-state index contributed by atoms with van der Waals surface area (Å²) in [6.45, 7) is 3.86. The molecule has 0 aliphatic rings. The Hall–Kier alpha value is -4.72. The number of carbonyl (C=O) groups is 1. The van der Waals surface area contributed by atoms with Gasteiger partial charge in [-0.3, -0.25) is 14.9 Å². The monoisotopic (exact) mass is 468 g/mol. The zero-order valence-corrected chi connectivity index (χ0v) is 19.3. The minimum absolute atomic E-state index is 0.0677. The van der Waals surface area contributed by atoms with Crippen LogP contribution in [0.5, 0.6) is 5.75 Å². The molecular formula is C27H24N4O4. The molecule has 4 aromatic rings. The van der Waals surface area contributed by atoms with E-state index in [-0.39, 0.29) is 18.2 Å². The van der Waals surface area contributed by atoms with Crippen molar-refractivity contribution >= 4 is 17.8 Å². The summed E-state index contributed by atoms with van der Waals surface area (Å²) in [7, 11) is 0. The Morgan fingerprint density at radius 1 is 1.00 bits per heavy atom. The van der Waals surface area contributed by atoms with E-state index in [1.807, 2.05) is 62.4 Å². The summed E-state index contributed by atoms with van der Waals surface area (Å²) in [6, 6.07) is 25.6. The molecule has 0 aliphatic heterocycles. The lowest BCUT2D eigenvalue weighted by atomic mass is 10.0. The SMILES string of the molecule is Cc1cc(/C=N\NC(=O)COc2ccccc2)c(C)n1-c1ccc(-c2ccc([N+](=O)[O-])cc2)cc1. The number of amides is 1. The van der Waals surface area contributed by atoms with Gasteiger partial charge in [0.15, 0.2) is 6.61 Å². The molecule has 3 aromatic carbocycles. The average molecular weight is 469 g/mol. The first-order chi connectivity index (χ1) is 16.9. The highest BCUT2D eigenvalue weighted by Crippen LogP contribution is 2.25. The van der Waals surface area contributed by atoms with Gasteiger partial charge in [-0.25, -0.2) is 5.43 Å². The van der Waals surface area contributed by atoms with Crippen molar-refractivity contribution in [1.29, 1.82) is 0 Å². The average Bonchev–Trinajstić information content (AvgIpc) is 3.16. The van der Waals surface area contributed by atoms with Crippen molar-refractivity contribution < 1.29 is 14.5 Å². The van der Waals surface area contributed by atoms with Crippen LogP contribution in [0, 0.1) is 24.0 Å². The van der Waals surface area contributed by atoms with Gasteiger partial charge in [-0.2, -0.15) is 5.10 Å². The molecule has 0 atom stereocenters. The van der Waals surface area contributed by atoms with Crippen LogP contribution in [0.15, 0.2) is 90.0 Å². The molecule has 1 amide bonds. The van der Waals surface area contributed by atoms with Crippen molar-refractivity contribution in [1.82, 2.24) is 9.99 Å². The van der Waals surface area contributed by atoms with Gasteiger partial charge < -0.3 is 9.30 Å². The predicted octanol–water partition coefficient (Wildman–Crippen LogP) is 5.20. The van der Waals surface area contributed by atoms with Crippen molar-refractivity contribution in [3.05, 3.63) is 112 Å². The van der Waals surface area contributed by atoms with E-state index in [0.29, 0.717) is 5.75 Å². The third-order valence-corrected chi connectivity index (χ3v) is 5.51. The van der Waals surface area contributed by atoms with Gasteiger partial charge in [-0.15, -0.1) is 0 Å². The molecule has 0 saturated carbocycles. The number of nitrogens with one attached hydrogen (secondary N) is 1. The highest BCUT2D eigenvalue weighted by molar-refractivity contribution is 5.84. The first-order valence-electron chi connectivity index (χ1n) is 11.0. The maximum absolute atomic E-state index is 12.0. The topological polar surface area (TPSA) is 98.8 Å². The Morgan fingerprint density at radius 2 is 1.63 bits per heavy atom. The molecule has 8 nitrogen and oxygen atoms in total. The van der Waals surface area contributed by atoms with Crippen molar-refractivity contribution in [2.75, 3.05) is 6.61 Å². The van der Waals surface area contributed by atoms with Crippen LogP contribution < -0.4 is 10.2 Å². The van der Waals surface area contributed by atoms with E-state index in [2.05, 4.69) is 15.1 Å². The molecular weight excluding hydrogens is 444 g/mol. The van der Waals surface area contributed by atoms with Crippen LogP contribution in [-0.2, 0) is 4.79 Å². The third-order valence-electron chi connectivity index (χ3n) is 5.51. The number of hydrogen-bond donors (Lipinski definition) is 1. The van der Waals surface area contributed by atoms with Crippen molar-refractivity contribution in [3.63, 3.8) is 0 Å². The molecule has 1 N–H and O–H groups in total. The fraction of sp³-hybridized carbons (Fsp3) is 0.111. The Kier molecular flexibility index (Phi) is 7.02. The Bertz CT molecular complexity index is 1360. The van der Waals surface area contributed by atoms with Crippen LogP contribution in [0.1, 0.15) is 17.0 Å². The minimum Gasteiger partial charge on any atom is -0.484 e. The van der Waals surface area contributed by atoms with E-state index >= 15 is 0 Å². The van der Waals surface area contributed by atoms with Gasteiger partial charge in [0.1, 0.15) is 5.75 Å². The van der Waals surface area contributed by atoms with Gasteiger partial charge in [0.05, 0.1) is 11.1 Å². The molecule has 0 saturated heterocycles. The van der Waals surface area contributed by atoms with E-state index in [0.717, 1.165) is 33.8 Å². The minimum atomic E-state index is -0.407. The lowest BCUT2D eigenvalue weighted by Crippen LogP contribution is -2.24. The predicted molar refractivity (Wildman–Crippen MR) is 135 cm³/mol. The van der Waals surface area contributed by atoms with Crippen LogP contribution in [0.4, 0.5) is 5.69 Å². The number of non-ortho nitro benzene ring substituents is 1. The quantitative estimate of drug-likeness (QED) is 0.218. The van der Waals surface area contributed by atoms with E-state index in [1.54, 1.807) is 30.5 Å². The van der Waals surface area contributed by atoms with Gasteiger partial charge in [0, 0.05) is 34.8 Å². The standard InChI is InChI=1S/C27H24N4O4/c1-19-16-23(17-28-29-27(32)18-35-26-6-4-3-5-7-26)20(2)30(19)24-12-8-21(9-13-24)22-10-14-25(15-11-22)31(33)34/h3-17H,18H2,1-2H3,(H,29,32)/b28-17-. The summed E-state index contributed by atoms with van der Waals surface area (Å²) in [5, 5.41) is 14.9. The lowest BCUT2D eigenvalue weighted by Gasteiger charge is -2.11. The zero-order chi connectivity index (χ0) is 24.8. The largest absolute Gasteiger partial charge is 0.484 e. The van der Waals surface area contributed by atoms with Crippen LogP contribution in [0.3, 0.4) is 0 Å². The molecule has 8 heteroatoms. The molecule has 35 heavy (non-hydrogen) atoms.